The van der Waals surface area contributed by atoms with Crippen molar-refractivity contribution in [2.45, 2.75) is 41.0 Å². The summed E-state index contributed by atoms with van der Waals surface area (Å²) in [5.41, 5.74) is 13.2. The van der Waals surface area contributed by atoms with Gasteiger partial charge in [0, 0.05) is 0 Å². The van der Waals surface area contributed by atoms with Gasteiger partial charge in [0.2, 0.25) is 0 Å². The number of aryl methyl sites for hydroxylation is 1. The SMILES string of the molecule is CC1=C(C)C(C)(C)C(C2=CC=CC2)=C2[C]([Zr+2]=[C](c3ccccc3)c3ccccc3)=c3cc(C)ccc3=C12.[Cl-].[Cl-]. The molecular formula is C36H33Cl2Zr. The summed E-state index contributed by atoms with van der Waals surface area (Å²) < 4.78 is 3.20. The standard InChI is InChI=1S/C23H23.C13H10.2ClH.Zr/c1-14-10-11-19-18(12-14)13-20-21(19)15(2)16(3)23(4,5)22(20)17-8-6-7-9-17;1-3-7-12(8-4-1)11-13-9-5-2-6-10-13;;;/h6-8,10-12H,9H2,1-5H3;1-10H;2*1H;/q;;;;+2/p-2. The van der Waals surface area contributed by atoms with E-state index in [1.807, 2.05) is 0 Å². The quantitative estimate of drug-likeness (QED) is 0.408. The summed E-state index contributed by atoms with van der Waals surface area (Å²) in [6, 6.07) is 29.4. The maximum absolute atomic E-state index is 2.46. The van der Waals surface area contributed by atoms with Gasteiger partial charge in [-0.25, -0.2) is 0 Å². The van der Waals surface area contributed by atoms with Gasteiger partial charge in [-0.05, 0) is 0 Å². The predicted molar refractivity (Wildman–Crippen MR) is 154 cm³/mol. The van der Waals surface area contributed by atoms with E-state index < -0.39 is 22.8 Å². The largest absolute Gasteiger partial charge is 1.00 e. The monoisotopic (exact) mass is 625 g/mol. The van der Waals surface area contributed by atoms with E-state index in [4.69, 9.17) is 0 Å². The molecule has 3 aromatic carbocycles. The van der Waals surface area contributed by atoms with Crippen molar-refractivity contribution in [3.8, 4) is 0 Å². The van der Waals surface area contributed by atoms with Crippen molar-refractivity contribution in [3.63, 3.8) is 0 Å². The molecule has 6 rings (SSSR count). The molecule has 0 N–H and O–H groups in total. The molecule has 0 heterocycles. The minimum absolute atomic E-state index is 0. The van der Waals surface area contributed by atoms with E-state index in [-0.39, 0.29) is 30.2 Å². The van der Waals surface area contributed by atoms with E-state index in [2.05, 4.69) is 132 Å². The fourth-order valence-electron chi connectivity index (χ4n) is 6.24. The van der Waals surface area contributed by atoms with Gasteiger partial charge in [-0.1, -0.05) is 0 Å². The van der Waals surface area contributed by atoms with Crippen LogP contribution in [0.1, 0.15) is 50.8 Å². The Bertz CT molecular complexity index is 1670. The van der Waals surface area contributed by atoms with Crippen LogP contribution < -0.4 is 35.3 Å². The van der Waals surface area contributed by atoms with Crippen LogP contribution in [0.25, 0.3) is 8.85 Å². The Morgan fingerprint density at radius 3 is 1.92 bits per heavy atom. The minimum atomic E-state index is -1.24. The Balaban J connectivity index is 0.00000176. The molecule has 0 bridgehead atoms. The molecule has 0 fully saturated rings. The third-order valence-electron chi connectivity index (χ3n) is 8.43. The molecule has 0 unspecified atom stereocenters. The first-order chi connectivity index (χ1) is 17.9. The zero-order chi connectivity index (χ0) is 25.7. The number of fused-ring (bicyclic) bond motifs is 2. The van der Waals surface area contributed by atoms with Gasteiger partial charge in [0.1, 0.15) is 0 Å². The number of rotatable bonds is 4. The Labute approximate surface area is 256 Å². The van der Waals surface area contributed by atoms with Crippen LogP contribution in [0.3, 0.4) is 0 Å². The van der Waals surface area contributed by atoms with Gasteiger partial charge in [-0.15, -0.1) is 0 Å². The first-order valence-electron chi connectivity index (χ1n) is 13.3. The fourth-order valence-corrected chi connectivity index (χ4v) is 10.1. The molecule has 3 heteroatoms. The summed E-state index contributed by atoms with van der Waals surface area (Å²) in [5.74, 6) is 0. The molecule has 0 radical (unpaired) electrons. The second kappa shape index (κ2) is 11.7. The van der Waals surface area contributed by atoms with Crippen LogP contribution in [0.2, 0.25) is 0 Å². The Morgan fingerprint density at radius 1 is 0.744 bits per heavy atom. The van der Waals surface area contributed by atoms with Crippen molar-refractivity contribution < 1.29 is 47.6 Å². The fraction of sp³-hybridized carbons (Fsp3) is 0.194. The topological polar surface area (TPSA) is 0 Å². The second-order valence-corrected chi connectivity index (χ2v) is 14.1. The second-order valence-electron chi connectivity index (χ2n) is 11.0. The smallest absolute Gasteiger partial charge is 1.00 e. The summed E-state index contributed by atoms with van der Waals surface area (Å²) in [7, 11) is 0. The van der Waals surface area contributed by atoms with E-state index in [9.17, 15) is 0 Å². The first kappa shape index (κ1) is 29.7. The minimum Gasteiger partial charge on any atom is -1.00 e. The van der Waals surface area contributed by atoms with Crippen LogP contribution in [-0.4, -0.2) is 3.21 Å². The first-order valence-corrected chi connectivity index (χ1v) is 15.7. The Morgan fingerprint density at radius 2 is 1.36 bits per heavy atom. The molecule has 0 amide bonds. The molecule has 39 heavy (non-hydrogen) atoms. The van der Waals surface area contributed by atoms with Gasteiger partial charge in [0.05, 0.1) is 0 Å². The van der Waals surface area contributed by atoms with Crippen LogP contribution in [0.4, 0.5) is 0 Å². The maximum atomic E-state index is 2.46. The van der Waals surface area contributed by atoms with Gasteiger partial charge >= 0.3 is 233 Å². The number of hydrogen-bond donors (Lipinski definition) is 0. The van der Waals surface area contributed by atoms with Crippen molar-refractivity contribution in [1.82, 2.24) is 0 Å². The van der Waals surface area contributed by atoms with Crippen molar-refractivity contribution in [2.24, 2.45) is 5.41 Å². The number of halogens is 2. The van der Waals surface area contributed by atoms with Crippen molar-refractivity contribution in [1.29, 1.82) is 0 Å². The third-order valence-corrected chi connectivity index (χ3v) is 12.4. The number of allylic oxidation sites excluding steroid dienone is 8. The van der Waals surface area contributed by atoms with Crippen LogP contribution in [0, 0.1) is 12.3 Å². The van der Waals surface area contributed by atoms with Gasteiger partial charge in [0.25, 0.3) is 0 Å². The molecule has 0 spiro atoms. The molecule has 195 valence electrons. The molecule has 0 atom stereocenters. The Kier molecular flexibility index (Phi) is 8.87. The molecule has 0 saturated heterocycles. The van der Waals surface area contributed by atoms with E-state index in [0.717, 1.165) is 6.42 Å². The van der Waals surface area contributed by atoms with Crippen molar-refractivity contribution in [3.05, 3.63) is 152 Å². The average Bonchev–Trinajstić information content (AvgIpc) is 3.54. The average molecular weight is 628 g/mol. The molecule has 3 aliphatic carbocycles. The van der Waals surface area contributed by atoms with E-state index in [1.54, 1.807) is 17.6 Å². The number of benzene rings is 3. The summed E-state index contributed by atoms with van der Waals surface area (Å²) >= 11 is -1.24. The van der Waals surface area contributed by atoms with Crippen molar-refractivity contribution >= 4 is 12.1 Å². The predicted octanol–water partition coefficient (Wildman–Crippen LogP) is 1.19. The van der Waals surface area contributed by atoms with E-state index >= 15 is 0 Å². The summed E-state index contributed by atoms with van der Waals surface area (Å²) in [6.07, 6.45) is 7.96. The van der Waals surface area contributed by atoms with Crippen LogP contribution in [0.5, 0.6) is 0 Å². The van der Waals surface area contributed by atoms with E-state index in [0.29, 0.717) is 0 Å². The molecule has 3 aliphatic rings. The summed E-state index contributed by atoms with van der Waals surface area (Å²) in [6.45, 7) is 11.9. The summed E-state index contributed by atoms with van der Waals surface area (Å²) in [5, 5.41) is 2.92. The van der Waals surface area contributed by atoms with Crippen LogP contribution >= 0.6 is 0 Å². The van der Waals surface area contributed by atoms with Crippen molar-refractivity contribution in [2.75, 3.05) is 0 Å². The molecule has 3 aromatic rings. The van der Waals surface area contributed by atoms with Gasteiger partial charge in [-0.2, -0.15) is 0 Å². The Hall–Kier alpha value is -2.31. The maximum Gasteiger partial charge on any atom is -1.00 e. The molecule has 0 nitrogen and oxygen atoms in total. The molecule has 0 aromatic heterocycles. The van der Waals surface area contributed by atoms with Crippen LogP contribution in [0.15, 0.2) is 125 Å². The van der Waals surface area contributed by atoms with Gasteiger partial charge < -0.3 is 24.8 Å². The van der Waals surface area contributed by atoms with Crippen LogP contribution in [-0.2, 0) is 22.8 Å². The zero-order valence-corrected chi connectivity index (χ0v) is 27.2. The zero-order valence-electron chi connectivity index (χ0n) is 23.2. The number of hydrogen-bond acceptors (Lipinski definition) is 0. The molecular weight excluding hydrogens is 595 g/mol. The summed E-state index contributed by atoms with van der Waals surface area (Å²) in [4.78, 5) is 0. The van der Waals surface area contributed by atoms with Gasteiger partial charge in [-0.3, -0.25) is 0 Å². The molecule has 0 saturated carbocycles. The normalized spacial score (nSPS) is 16.7. The third kappa shape index (κ3) is 5.04. The molecule has 0 aliphatic heterocycles. The van der Waals surface area contributed by atoms with E-state index in [1.165, 1.54) is 49.4 Å². The van der Waals surface area contributed by atoms with Gasteiger partial charge in [0.15, 0.2) is 0 Å².